The molecule has 1 N–H and O–H groups in total. The van der Waals surface area contributed by atoms with Crippen LogP contribution in [0.4, 0.5) is 0 Å². The summed E-state index contributed by atoms with van der Waals surface area (Å²) >= 11 is 0. The van der Waals surface area contributed by atoms with Crippen LogP contribution >= 0.6 is 0 Å². The van der Waals surface area contributed by atoms with Crippen LogP contribution in [-0.4, -0.2) is 11.7 Å². The summed E-state index contributed by atoms with van der Waals surface area (Å²) in [5, 5.41) is 9.51. The molecule has 0 aromatic rings. The third kappa shape index (κ3) is 1.21. The van der Waals surface area contributed by atoms with Gasteiger partial charge < -0.3 is 5.11 Å². The van der Waals surface area contributed by atoms with Crippen molar-refractivity contribution in [2.75, 3.05) is 6.61 Å². The highest BCUT2D eigenvalue weighted by Crippen LogP contribution is 2.61. The molecule has 3 atom stereocenters. The predicted octanol–water partition coefficient (Wildman–Crippen LogP) is 3.45. The highest BCUT2D eigenvalue weighted by molar-refractivity contribution is 5.48. The van der Waals surface area contributed by atoms with E-state index >= 15 is 0 Å². The summed E-state index contributed by atoms with van der Waals surface area (Å²) < 4.78 is 0. The Morgan fingerprint density at radius 3 is 2.69 bits per heavy atom. The summed E-state index contributed by atoms with van der Waals surface area (Å²) in [4.78, 5) is 0. The fraction of sp³-hybridized carbons (Fsp3) is 0.733. The normalized spacial score (nSPS) is 46.0. The van der Waals surface area contributed by atoms with Gasteiger partial charge in [-0.15, -0.1) is 0 Å². The van der Waals surface area contributed by atoms with E-state index in [2.05, 4.69) is 26.8 Å². The van der Waals surface area contributed by atoms with Crippen LogP contribution < -0.4 is 0 Å². The van der Waals surface area contributed by atoms with E-state index in [1.165, 1.54) is 19.3 Å². The van der Waals surface area contributed by atoms with E-state index in [1.807, 2.05) is 0 Å². The van der Waals surface area contributed by atoms with Crippen molar-refractivity contribution in [2.45, 2.75) is 46.5 Å². The molecule has 0 heterocycles. The molecule has 1 fully saturated rings. The lowest BCUT2D eigenvalue weighted by molar-refractivity contribution is 0.148. The molecule has 0 aromatic heterocycles. The maximum absolute atomic E-state index is 9.51. The fourth-order valence-corrected chi connectivity index (χ4v) is 4.19. The van der Waals surface area contributed by atoms with Gasteiger partial charge >= 0.3 is 0 Å². The Bertz CT molecular complexity index is 404. The van der Waals surface area contributed by atoms with Crippen molar-refractivity contribution in [3.05, 3.63) is 22.8 Å². The minimum atomic E-state index is 0.0436. The second-order valence-corrected chi connectivity index (χ2v) is 6.68. The molecule has 0 unspecified atom stereocenters. The lowest BCUT2D eigenvalue weighted by Gasteiger charge is -2.49. The molecule has 0 radical (unpaired) electrons. The molecule has 3 aliphatic rings. The molecule has 0 aromatic carbocycles. The van der Waals surface area contributed by atoms with Crippen LogP contribution in [0.25, 0.3) is 0 Å². The highest BCUT2D eigenvalue weighted by Gasteiger charge is 2.48. The van der Waals surface area contributed by atoms with Crippen LogP contribution in [0.3, 0.4) is 0 Å². The summed E-state index contributed by atoms with van der Waals surface area (Å²) in [6.07, 6.45) is 7.51. The molecule has 3 aliphatic carbocycles. The van der Waals surface area contributed by atoms with E-state index in [0.717, 1.165) is 6.42 Å². The predicted molar refractivity (Wildman–Crippen MR) is 66.0 cm³/mol. The van der Waals surface area contributed by atoms with Crippen molar-refractivity contribution in [2.24, 2.45) is 16.7 Å². The Morgan fingerprint density at radius 2 is 2.12 bits per heavy atom. The van der Waals surface area contributed by atoms with Gasteiger partial charge in [0.2, 0.25) is 0 Å². The fourth-order valence-electron chi connectivity index (χ4n) is 4.19. The molecular formula is C15H22O. The molecule has 3 rings (SSSR count). The quantitative estimate of drug-likeness (QED) is 0.714. The third-order valence-electron chi connectivity index (χ3n) is 5.26. The van der Waals surface area contributed by atoms with Crippen molar-refractivity contribution in [3.63, 3.8) is 0 Å². The monoisotopic (exact) mass is 218 g/mol. The first kappa shape index (κ1) is 10.6. The summed E-state index contributed by atoms with van der Waals surface area (Å²) in [6, 6.07) is 0. The van der Waals surface area contributed by atoms with Gasteiger partial charge in [0.15, 0.2) is 0 Å². The highest BCUT2D eigenvalue weighted by atomic mass is 16.3. The number of aliphatic hydroxyl groups excluding tert-OH is 1. The van der Waals surface area contributed by atoms with Gasteiger partial charge in [-0.2, -0.15) is 0 Å². The third-order valence-corrected chi connectivity index (χ3v) is 5.26. The largest absolute Gasteiger partial charge is 0.395 e. The average molecular weight is 218 g/mol. The Kier molecular flexibility index (Phi) is 1.99. The molecule has 0 saturated heterocycles. The minimum absolute atomic E-state index is 0.0436. The molecule has 88 valence electrons. The molecule has 0 spiro atoms. The van der Waals surface area contributed by atoms with Crippen molar-refractivity contribution >= 4 is 0 Å². The summed E-state index contributed by atoms with van der Waals surface area (Å²) in [7, 11) is 0. The van der Waals surface area contributed by atoms with E-state index in [4.69, 9.17) is 0 Å². The van der Waals surface area contributed by atoms with Crippen LogP contribution in [0.2, 0.25) is 0 Å². The van der Waals surface area contributed by atoms with Gasteiger partial charge in [0.1, 0.15) is 0 Å². The summed E-state index contributed by atoms with van der Waals surface area (Å²) in [5.74, 6) is 0.714. The molecule has 1 saturated carbocycles. The average Bonchev–Trinajstić information content (AvgIpc) is 2.54. The van der Waals surface area contributed by atoms with Gasteiger partial charge in [-0.25, -0.2) is 0 Å². The zero-order valence-electron chi connectivity index (χ0n) is 10.6. The van der Waals surface area contributed by atoms with E-state index in [-0.39, 0.29) is 5.41 Å². The number of hydrogen-bond donors (Lipinski definition) is 1. The van der Waals surface area contributed by atoms with Crippen molar-refractivity contribution < 1.29 is 5.11 Å². The molecule has 0 bridgehead atoms. The number of aliphatic hydroxyl groups is 1. The van der Waals surface area contributed by atoms with E-state index in [9.17, 15) is 5.11 Å². The Labute approximate surface area is 98.2 Å². The number of hydrogen-bond acceptors (Lipinski definition) is 1. The van der Waals surface area contributed by atoms with Crippen LogP contribution in [0.1, 0.15) is 46.5 Å². The zero-order chi connectivity index (χ0) is 11.6. The smallest absolute Gasteiger partial charge is 0.0519 e. The molecule has 0 amide bonds. The first-order valence-electron chi connectivity index (χ1n) is 6.52. The second kappa shape index (κ2) is 3.01. The van der Waals surface area contributed by atoms with Crippen molar-refractivity contribution in [1.82, 2.24) is 0 Å². The van der Waals surface area contributed by atoms with E-state index in [0.29, 0.717) is 17.9 Å². The van der Waals surface area contributed by atoms with Crippen LogP contribution in [0.15, 0.2) is 22.8 Å². The maximum Gasteiger partial charge on any atom is 0.0519 e. The standard InChI is InChI=1S/C15H22O/c1-10-12-8-14(2,9-16)6-11(12)7-15(3)5-4-13(10)15/h8,11,16H,4-7,9H2,1-3H3/t11-,14-,15-/m0/s1. The molecule has 16 heavy (non-hydrogen) atoms. The maximum atomic E-state index is 9.51. The Balaban J connectivity index is 2.02. The van der Waals surface area contributed by atoms with E-state index in [1.54, 1.807) is 16.7 Å². The van der Waals surface area contributed by atoms with Gasteiger partial charge in [0.05, 0.1) is 6.61 Å². The van der Waals surface area contributed by atoms with E-state index < -0.39 is 0 Å². The topological polar surface area (TPSA) is 20.2 Å². The molecule has 1 nitrogen and oxygen atoms in total. The van der Waals surface area contributed by atoms with Crippen LogP contribution in [0.5, 0.6) is 0 Å². The van der Waals surface area contributed by atoms with Crippen molar-refractivity contribution in [3.8, 4) is 0 Å². The van der Waals surface area contributed by atoms with Gasteiger partial charge in [-0.05, 0) is 55.1 Å². The van der Waals surface area contributed by atoms with Gasteiger partial charge in [-0.3, -0.25) is 0 Å². The summed E-state index contributed by atoms with van der Waals surface area (Å²) in [6.45, 7) is 7.22. The number of allylic oxidation sites excluding steroid dienone is 3. The zero-order valence-corrected chi connectivity index (χ0v) is 10.6. The van der Waals surface area contributed by atoms with Crippen LogP contribution in [0, 0.1) is 16.7 Å². The lowest BCUT2D eigenvalue weighted by atomic mass is 9.55. The first-order valence-corrected chi connectivity index (χ1v) is 6.52. The second-order valence-electron chi connectivity index (χ2n) is 6.68. The first-order chi connectivity index (χ1) is 7.47. The lowest BCUT2D eigenvalue weighted by Crippen LogP contribution is -2.36. The van der Waals surface area contributed by atoms with Crippen LogP contribution in [-0.2, 0) is 0 Å². The molecule has 0 aliphatic heterocycles. The van der Waals surface area contributed by atoms with Gasteiger partial charge in [0.25, 0.3) is 0 Å². The number of fused-ring (bicyclic) bond motifs is 2. The minimum Gasteiger partial charge on any atom is -0.395 e. The van der Waals surface area contributed by atoms with Gasteiger partial charge in [-0.1, -0.05) is 25.5 Å². The SMILES string of the molecule is CC1=C2CC[C@@]2(C)C[C@@H]2C[C@](C)(CO)C=C12. The Hall–Kier alpha value is -0.560. The van der Waals surface area contributed by atoms with Crippen molar-refractivity contribution in [1.29, 1.82) is 0 Å². The summed E-state index contributed by atoms with van der Waals surface area (Å²) in [5.41, 5.74) is 5.37. The molecule has 1 heteroatoms. The number of rotatable bonds is 1. The van der Waals surface area contributed by atoms with Gasteiger partial charge in [0, 0.05) is 5.41 Å². The Morgan fingerprint density at radius 1 is 1.38 bits per heavy atom. The molecular weight excluding hydrogens is 196 g/mol.